The summed E-state index contributed by atoms with van der Waals surface area (Å²) in [5, 5.41) is 0. The van der Waals surface area contributed by atoms with Crippen LogP contribution in [0.15, 0.2) is 72.8 Å². The number of nitrogens with zero attached hydrogens (tertiary/aromatic N) is 2. The number of aromatic nitrogens is 1. The van der Waals surface area contributed by atoms with Crippen LogP contribution in [0.25, 0.3) is 11.1 Å². The lowest BCUT2D eigenvalue weighted by atomic mass is 9.91. The predicted molar refractivity (Wildman–Crippen MR) is 109 cm³/mol. The first kappa shape index (κ1) is 17.5. The standard InChI is InChI=1S/C24H24N2O/c1-18-16-22(19-8-4-2-5-9-19)17-23(25-18)20-12-14-26(15-13-20)24(27)21-10-6-3-7-11-21/h2-11,16-17,20H,12-15H2,1H3. The minimum absolute atomic E-state index is 0.135. The molecule has 3 heteroatoms. The number of rotatable bonds is 3. The molecule has 2 aromatic carbocycles. The zero-order valence-corrected chi connectivity index (χ0v) is 15.6. The fourth-order valence-corrected chi connectivity index (χ4v) is 3.84. The first-order valence-electron chi connectivity index (χ1n) is 9.59. The highest BCUT2D eigenvalue weighted by atomic mass is 16.2. The molecule has 0 N–H and O–H groups in total. The highest BCUT2D eigenvalue weighted by molar-refractivity contribution is 5.94. The van der Waals surface area contributed by atoms with Crippen LogP contribution in [0.4, 0.5) is 0 Å². The van der Waals surface area contributed by atoms with Crippen molar-refractivity contribution >= 4 is 5.91 Å². The van der Waals surface area contributed by atoms with Gasteiger partial charge in [0, 0.05) is 36.0 Å². The smallest absolute Gasteiger partial charge is 0.253 e. The van der Waals surface area contributed by atoms with E-state index in [9.17, 15) is 4.79 Å². The quantitative estimate of drug-likeness (QED) is 0.656. The van der Waals surface area contributed by atoms with Gasteiger partial charge in [-0.2, -0.15) is 0 Å². The number of amides is 1. The molecule has 0 aliphatic carbocycles. The van der Waals surface area contributed by atoms with Gasteiger partial charge in [-0.15, -0.1) is 0 Å². The van der Waals surface area contributed by atoms with Crippen molar-refractivity contribution in [1.29, 1.82) is 0 Å². The Hall–Kier alpha value is -2.94. The monoisotopic (exact) mass is 356 g/mol. The van der Waals surface area contributed by atoms with Crippen molar-refractivity contribution in [3.63, 3.8) is 0 Å². The van der Waals surface area contributed by atoms with Gasteiger partial charge in [-0.3, -0.25) is 9.78 Å². The molecule has 3 aromatic rings. The molecule has 1 fully saturated rings. The molecule has 136 valence electrons. The molecule has 0 unspecified atom stereocenters. The van der Waals surface area contributed by atoms with E-state index in [0.717, 1.165) is 42.9 Å². The van der Waals surface area contributed by atoms with Gasteiger partial charge in [0.2, 0.25) is 0 Å². The Kier molecular flexibility index (Phi) is 5.01. The molecule has 3 nitrogen and oxygen atoms in total. The zero-order chi connectivity index (χ0) is 18.6. The number of piperidine rings is 1. The molecule has 27 heavy (non-hydrogen) atoms. The maximum Gasteiger partial charge on any atom is 0.253 e. The molecule has 2 heterocycles. The highest BCUT2D eigenvalue weighted by Gasteiger charge is 2.25. The van der Waals surface area contributed by atoms with Crippen molar-refractivity contribution in [3.05, 3.63) is 89.7 Å². The van der Waals surface area contributed by atoms with E-state index in [-0.39, 0.29) is 5.91 Å². The van der Waals surface area contributed by atoms with Crippen molar-refractivity contribution < 1.29 is 4.79 Å². The largest absolute Gasteiger partial charge is 0.339 e. The average molecular weight is 356 g/mol. The number of aryl methyl sites for hydroxylation is 1. The summed E-state index contributed by atoms with van der Waals surface area (Å²) < 4.78 is 0. The van der Waals surface area contributed by atoms with E-state index in [1.807, 2.05) is 41.3 Å². The molecule has 0 atom stereocenters. The van der Waals surface area contributed by atoms with Crippen molar-refractivity contribution in [2.75, 3.05) is 13.1 Å². The van der Waals surface area contributed by atoms with E-state index in [2.05, 4.69) is 43.3 Å². The van der Waals surface area contributed by atoms with E-state index in [0.29, 0.717) is 5.92 Å². The van der Waals surface area contributed by atoms with Gasteiger partial charge in [-0.05, 0) is 55.2 Å². The van der Waals surface area contributed by atoms with Gasteiger partial charge in [0.15, 0.2) is 0 Å². The SMILES string of the molecule is Cc1cc(-c2ccccc2)cc(C2CCN(C(=O)c3ccccc3)CC2)n1. The molecule has 1 amide bonds. The number of carbonyl (C=O) groups is 1. The van der Waals surface area contributed by atoms with Crippen molar-refractivity contribution in [3.8, 4) is 11.1 Å². The first-order valence-corrected chi connectivity index (χ1v) is 9.59. The number of benzene rings is 2. The second-order valence-electron chi connectivity index (χ2n) is 7.22. The minimum Gasteiger partial charge on any atom is -0.339 e. The van der Waals surface area contributed by atoms with Crippen LogP contribution in [0.3, 0.4) is 0 Å². The van der Waals surface area contributed by atoms with Gasteiger partial charge in [0.05, 0.1) is 0 Å². The summed E-state index contributed by atoms with van der Waals surface area (Å²) in [6.07, 6.45) is 1.92. The van der Waals surface area contributed by atoms with Crippen LogP contribution in [-0.4, -0.2) is 28.9 Å². The third-order valence-corrected chi connectivity index (χ3v) is 5.30. The van der Waals surface area contributed by atoms with Crippen LogP contribution in [0, 0.1) is 6.92 Å². The second kappa shape index (κ2) is 7.75. The van der Waals surface area contributed by atoms with Gasteiger partial charge in [0.1, 0.15) is 0 Å². The molecule has 0 saturated carbocycles. The number of carbonyl (C=O) groups excluding carboxylic acids is 1. The molecule has 1 aliphatic heterocycles. The van der Waals surface area contributed by atoms with E-state index in [4.69, 9.17) is 4.98 Å². The summed E-state index contributed by atoms with van der Waals surface area (Å²) in [4.78, 5) is 19.4. The van der Waals surface area contributed by atoms with Gasteiger partial charge in [0.25, 0.3) is 5.91 Å². The van der Waals surface area contributed by atoms with Crippen LogP contribution in [-0.2, 0) is 0 Å². The predicted octanol–water partition coefficient (Wildman–Crippen LogP) is 5.08. The second-order valence-corrected chi connectivity index (χ2v) is 7.22. The normalized spacial score (nSPS) is 14.9. The molecule has 4 rings (SSSR count). The number of hydrogen-bond acceptors (Lipinski definition) is 2. The number of hydrogen-bond donors (Lipinski definition) is 0. The number of likely N-dealkylation sites (tertiary alicyclic amines) is 1. The Morgan fingerprint density at radius 1 is 0.889 bits per heavy atom. The molecule has 1 saturated heterocycles. The van der Waals surface area contributed by atoms with Gasteiger partial charge >= 0.3 is 0 Å². The lowest BCUT2D eigenvalue weighted by Gasteiger charge is -2.32. The summed E-state index contributed by atoms with van der Waals surface area (Å²) in [7, 11) is 0. The third kappa shape index (κ3) is 3.92. The maximum atomic E-state index is 12.6. The lowest BCUT2D eigenvalue weighted by molar-refractivity contribution is 0.0712. The van der Waals surface area contributed by atoms with Crippen LogP contribution in [0.1, 0.15) is 40.5 Å². The van der Waals surface area contributed by atoms with Gasteiger partial charge < -0.3 is 4.90 Å². The lowest BCUT2D eigenvalue weighted by Crippen LogP contribution is -2.38. The van der Waals surface area contributed by atoms with Crippen LogP contribution >= 0.6 is 0 Å². The fraction of sp³-hybridized carbons (Fsp3) is 0.250. The summed E-state index contributed by atoms with van der Waals surface area (Å²) in [5.41, 5.74) is 5.42. The van der Waals surface area contributed by atoms with Gasteiger partial charge in [-0.1, -0.05) is 48.5 Å². The fourth-order valence-electron chi connectivity index (χ4n) is 3.84. The zero-order valence-electron chi connectivity index (χ0n) is 15.6. The molecule has 0 bridgehead atoms. The Labute approximate surface area is 160 Å². The van der Waals surface area contributed by atoms with Crippen LogP contribution in [0.5, 0.6) is 0 Å². The number of pyridine rings is 1. The first-order chi connectivity index (χ1) is 13.2. The van der Waals surface area contributed by atoms with Crippen molar-refractivity contribution in [2.45, 2.75) is 25.7 Å². The Morgan fingerprint density at radius 3 is 2.19 bits per heavy atom. The maximum absolute atomic E-state index is 12.6. The summed E-state index contributed by atoms with van der Waals surface area (Å²) in [6, 6.07) is 24.4. The minimum atomic E-state index is 0.135. The van der Waals surface area contributed by atoms with E-state index >= 15 is 0 Å². The summed E-state index contributed by atoms with van der Waals surface area (Å²) in [6.45, 7) is 3.63. The Balaban J connectivity index is 1.48. The highest BCUT2D eigenvalue weighted by Crippen LogP contribution is 2.30. The van der Waals surface area contributed by atoms with Crippen molar-refractivity contribution in [1.82, 2.24) is 9.88 Å². The summed E-state index contributed by atoms with van der Waals surface area (Å²) in [5.74, 6) is 0.545. The molecule has 1 aliphatic rings. The van der Waals surface area contributed by atoms with E-state index in [1.165, 1.54) is 11.1 Å². The molecular weight excluding hydrogens is 332 g/mol. The van der Waals surface area contributed by atoms with Crippen LogP contribution in [0.2, 0.25) is 0 Å². The van der Waals surface area contributed by atoms with Crippen molar-refractivity contribution in [2.24, 2.45) is 0 Å². The Bertz CT molecular complexity index is 914. The summed E-state index contributed by atoms with van der Waals surface area (Å²) >= 11 is 0. The molecule has 1 aromatic heterocycles. The van der Waals surface area contributed by atoms with Gasteiger partial charge in [-0.25, -0.2) is 0 Å². The third-order valence-electron chi connectivity index (χ3n) is 5.30. The van der Waals surface area contributed by atoms with E-state index < -0.39 is 0 Å². The average Bonchev–Trinajstić information content (AvgIpc) is 2.74. The van der Waals surface area contributed by atoms with Crippen LogP contribution < -0.4 is 0 Å². The molecule has 0 radical (unpaired) electrons. The Morgan fingerprint density at radius 2 is 1.52 bits per heavy atom. The molecule has 0 spiro atoms. The molecular formula is C24H24N2O. The topological polar surface area (TPSA) is 33.2 Å². The van der Waals surface area contributed by atoms with E-state index in [1.54, 1.807) is 0 Å².